The molecule has 0 radical (unpaired) electrons. The molecule has 0 saturated carbocycles. The van der Waals surface area contributed by atoms with E-state index in [0.717, 1.165) is 18.5 Å². The Morgan fingerprint density at radius 2 is 1.94 bits per heavy atom. The summed E-state index contributed by atoms with van der Waals surface area (Å²) in [6, 6.07) is 6.40. The zero-order chi connectivity index (χ0) is 11.8. The van der Waals surface area contributed by atoms with Crippen LogP contribution < -0.4 is 5.32 Å². The highest BCUT2D eigenvalue weighted by Gasteiger charge is 1.96. The first kappa shape index (κ1) is 12.6. The fourth-order valence-corrected chi connectivity index (χ4v) is 1.37. The van der Waals surface area contributed by atoms with Crippen LogP contribution in [0.3, 0.4) is 0 Å². The smallest absolute Gasteiger partial charge is 0.303 e. The van der Waals surface area contributed by atoms with Gasteiger partial charge in [-0.1, -0.05) is 12.1 Å². The standard InChI is InChI=1S/C12H16FNO2/c13-11-5-3-10(4-6-11)7-9-14-8-1-2-12(15)16/h3-6,14H,1-2,7-9H2,(H,15,16). The Balaban J connectivity index is 2.07. The van der Waals surface area contributed by atoms with Crippen LogP contribution in [0.2, 0.25) is 0 Å². The van der Waals surface area contributed by atoms with Gasteiger partial charge in [0, 0.05) is 6.42 Å². The van der Waals surface area contributed by atoms with E-state index in [2.05, 4.69) is 5.32 Å². The molecular weight excluding hydrogens is 209 g/mol. The number of carboxylic acid groups (broad SMARTS) is 1. The van der Waals surface area contributed by atoms with E-state index in [-0.39, 0.29) is 12.2 Å². The fraction of sp³-hybridized carbons (Fsp3) is 0.417. The van der Waals surface area contributed by atoms with Crippen molar-refractivity contribution in [3.05, 3.63) is 35.6 Å². The topological polar surface area (TPSA) is 49.3 Å². The third-order valence-corrected chi connectivity index (χ3v) is 2.25. The number of rotatable bonds is 7. The van der Waals surface area contributed by atoms with Crippen LogP contribution in [0.25, 0.3) is 0 Å². The van der Waals surface area contributed by atoms with Crippen LogP contribution in [0, 0.1) is 5.82 Å². The van der Waals surface area contributed by atoms with Gasteiger partial charge in [0.15, 0.2) is 0 Å². The Morgan fingerprint density at radius 3 is 2.56 bits per heavy atom. The molecule has 1 aromatic rings. The van der Waals surface area contributed by atoms with Gasteiger partial charge in [0.25, 0.3) is 0 Å². The summed E-state index contributed by atoms with van der Waals surface area (Å²) < 4.78 is 12.6. The Morgan fingerprint density at radius 1 is 1.25 bits per heavy atom. The van der Waals surface area contributed by atoms with E-state index in [1.165, 1.54) is 12.1 Å². The molecule has 0 aliphatic heterocycles. The predicted octanol–water partition coefficient (Wildman–Crippen LogP) is 1.82. The molecule has 4 heteroatoms. The van der Waals surface area contributed by atoms with Gasteiger partial charge in [-0.15, -0.1) is 0 Å². The second-order valence-corrected chi connectivity index (χ2v) is 3.62. The molecule has 3 nitrogen and oxygen atoms in total. The summed E-state index contributed by atoms with van der Waals surface area (Å²) in [7, 11) is 0. The van der Waals surface area contributed by atoms with Crippen molar-refractivity contribution in [2.75, 3.05) is 13.1 Å². The molecule has 0 heterocycles. The lowest BCUT2D eigenvalue weighted by molar-refractivity contribution is -0.137. The van der Waals surface area contributed by atoms with Crippen molar-refractivity contribution in [1.82, 2.24) is 5.32 Å². The normalized spacial score (nSPS) is 10.3. The summed E-state index contributed by atoms with van der Waals surface area (Å²) in [6.45, 7) is 1.48. The number of hydrogen-bond donors (Lipinski definition) is 2. The predicted molar refractivity (Wildman–Crippen MR) is 59.8 cm³/mol. The quantitative estimate of drug-likeness (QED) is 0.696. The molecule has 1 rings (SSSR count). The minimum Gasteiger partial charge on any atom is -0.481 e. The van der Waals surface area contributed by atoms with Gasteiger partial charge in [-0.2, -0.15) is 0 Å². The molecule has 0 spiro atoms. The first-order valence-electron chi connectivity index (χ1n) is 5.35. The molecule has 16 heavy (non-hydrogen) atoms. The largest absolute Gasteiger partial charge is 0.481 e. The first-order chi connectivity index (χ1) is 7.68. The first-order valence-corrected chi connectivity index (χ1v) is 5.35. The minimum atomic E-state index is -0.764. The molecule has 0 aromatic heterocycles. The number of carboxylic acids is 1. The van der Waals surface area contributed by atoms with Crippen LogP contribution in [-0.4, -0.2) is 24.2 Å². The molecule has 0 bridgehead atoms. The number of aliphatic carboxylic acids is 1. The van der Waals surface area contributed by atoms with Gasteiger partial charge >= 0.3 is 5.97 Å². The molecule has 0 atom stereocenters. The van der Waals surface area contributed by atoms with Crippen LogP contribution in [0.5, 0.6) is 0 Å². The average Bonchev–Trinajstić information content (AvgIpc) is 2.25. The Kier molecular flexibility index (Phi) is 5.50. The summed E-state index contributed by atoms with van der Waals surface area (Å²) in [5.41, 5.74) is 1.08. The third-order valence-electron chi connectivity index (χ3n) is 2.25. The van der Waals surface area contributed by atoms with Gasteiger partial charge in [0.05, 0.1) is 0 Å². The monoisotopic (exact) mass is 225 g/mol. The lowest BCUT2D eigenvalue weighted by Crippen LogP contribution is -2.19. The molecule has 88 valence electrons. The maximum atomic E-state index is 12.6. The highest BCUT2D eigenvalue weighted by Crippen LogP contribution is 2.02. The van der Waals surface area contributed by atoms with E-state index in [1.54, 1.807) is 12.1 Å². The van der Waals surface area contributed by atoms with Crippen molar-refractivity contribution < 1.29 is 14.3 Å². The summed E-state index contributed by atoms with van der Waals surface area (Å²) in [5, 5.41) is 11.6. The van der Waals surface area contributed by atoms with E-state index in [0.29, 0.717) is 13.0 Å². The number of benzene rings is 1. The van der Waals surface area contributed by atoms with E-state index in [4.69, 9.17) is 5.11 Å². The zero-order valence-corrected chi connectivity index (χ0v) is 9.08. The van der Waals surface area contributed by atoms with Crippen molar-refractivity contribution in [2.45, 2.75) is 19.3 Å². The fourth-order valence-electron chi connectivity index (χ4n) is 1.37. The van der Waals surface area contributed by atoms with Gasteiger partial charge in [-0.25, -0.2) is 4.39 Å². The van der Waals surface area contributed by atoms with Crippen LogP contribution in [0.1, 0.15) is 18.4 Å². The summed E-state index contributed by atoms with van der Waals surface area (Å²) in [4.78, 5) is 10.2. The molecule has 0 amide bonds. The molecular formula is C12H16FNO2. The van der Waals surface area contributed by atoms with Gasteiger partial charge in [-0.05, 0) is 43.6 Å². The summed E-state index contributed by atoms with van der Waals surface area (Å²) in [6.07, 6.45) is 1.66. The second-order valence-electron chi connectivity index (χ2n) is 3.62. The van der Waals surface area contributed by atoms with E-state index in [1.807, 2.05) is 0 Å². The second kappa shape index (κ2) is 6.95. The number of nitrogens with one attached hydrogen (secondary N) is 1. The van der Waals surface area contributed by atoms with Crippen molar-refractivity contribution in [1.29, 1.82) is 0 Å². The van der Waals surface area contributed by atoms with Crippen molar-refractivity contribution in [2.24, 2.45) is 0 Å². The third kappa shape index (κ3) is 5.46. The average molecular weight is 225 g/mol. The van der Waals surface area contributed by atoms with Crippen LogP contribution >= 0.6 is 0 Å². The lowest BCUT2D eigenvalue weighted by Gasteiger charge is -2.03. The van der Waals surface area contributed by atoms with Crippen molar-refractivity contribution >= 4 is 5.97 Å². The maximum absolute atomic E-state index is 12.6. The highest BCUT2D eigenvalue weighted by atomic mass is 19.1. The number of halogens is 1. The molecule has 2 N–H and O–H groups in total. The summed E-state index contributed by atoms with van der Waals surface area (Å²) in [5.74, 6) is -0.987. The molecule has 0 aliphatic carbocycles. The molecule has 0 fully saturated rings. The molecule has 0 unspecified atom stereocenters. The number of hydrogen-bond acceptors (Lipinski definition) is 2. The SMILES string of the molecule is O=C(O)CCCNCCc1ccc(F)cc1. The molecule has 0 saturated heterocycles. The Labute approximate surface area is 94.3 Å². The van der Waals surface area contributed by atoms with Crippen LogP contribution in [0.15, 0.2) is 24.3 Å². The molecule has 0 aliphatic rings. The number of carbonyl (C=O) groups is 1. The maximum Gasteiger partial charge on any atom is 0.303 e. The minimum absolute atomic E-state index is 0.198. The van der Waals surface area contributed by atoms with E-state index < -0.39 is 5.97 Å². The highest BCUT2D eigenvalue weighted by molar-refractivity contribution is 5.66. The Hall–Kier alpha value is -1.42. The van der Waals surface area contributed by atoms with Crippen LogP contribution in [-0.2, 0) is 11.2 Å². The van der Waals surface area contributed by atoms with Gasteiger partial charge < -0.3 is 10.4 Å². The van der Waals surface area contributed by atoms with Crippen molar-refractivity contribution in [3.8, 4) is 0 Å². The Bertz CT molecular complexity index is 324. The lowest BCUT2D eigenvalue weighted by atomic mass is 10.1. The zero-order valence-electron chi connectivity index (χ0n) is 9.08. The summed E-state index contributed by atoms with van der Waals surface area (Å²) >= 11 is 0. The van der Waals surface area contributed by atoms with Gasteiger partial charge in [0.1, 0.15) is 5.82 Å². The molecule has 1 aromatic carbocycles. The van der Waals surface area contributed by atoms with E-state index >= 15 is 0 Å². The van der Waals surface area contributed by atoms with E-state index in [9.17, 15) is 9.18 Å². The van der Waals surface area contributed by atoms with Gasteiger partial charge in [0.2, 0.25) is 0 Å². The van der Waals surface area contributed by atoms with Crippen molar-refractivity contribution in [3.63, 3.8) is 0 Å². The van der Waals surface area contributed by atoms with Gasteiger partial charge in [-0.3, -0.25) is 4.79 Å². The van der Waals surface area contributed by atoms with Crippen LogP contribution in [0.4, 0.5) is 4.39 Å².